The van der Waals surface area contributed by atoms with Gasteiger partial charge in [0.25, 0.3) is 0 Å². The van der Waals surface area contributed by atoms with Crippen LogP contribution in [-0.4, -0.2) is 30.1 Å². The maximum Gasteiger partial charge on any atom is 0.0303 e. The third-order valence-corrected chi connectivity index (χ3v) is 3.74. The van der Waals surface area contributed by atoms with Crippen molar-refractivity contribution in [1.29, 1.82) is 0 Å². The standard InChI is InChI=1S/C15H34N2/c1-6-8-9-10-11-15(5,13-16)17(7-2)12-14(3)4/h14H,6-13,16H2,1-5H3. The predicted octanol–water partition coefficient (Wildman–Crippen LogP) is 3.65. The lowest BCUT2D eigenvalue weighted by Gasteiger charge is -2.41. The van der Waals surface area contributed by atoms with Gasteiger partial charge in [0.2, 0.25) is 0 Å². The third kappa shape index (κ3) is 6.42. The van der Waals surface area contributed by atoms with Crippen LogP contribution in [0.1, 0.15) is 66.7 Å². The van der Waals surface area contributed by atoms with Gasteiger partial charge in [-0.2, -0.15) is 0 Å². The molecule has 0 aliphatic carbocycles. The van der Waals surface area contributed by atoms with E-state index in [-0.39, 0.29) is 5.54 Å². The number of nitrogens with two attached hydrogens (primary N) is 1. The molecule has 17 heavy (non-hydrogen) atoms. The number of hydrogen-bond donors (Lipinski definition) is 1. The van der Waals surface area contributed by atoms with Crippen molar-refractivity contribution in [3.05, 3.63) is 0 Å². The monoisotopic (exact) mass is 242 g/mol. The zero-order valence-corrected chi connectivity index (χ0v) is 12.8. The van der Waals surface area contributed by atoms with Gasteiger partial charge in [-0.1, -0.05) is 53.4 Å². The normalized spacial score (nSPS) is 15.5. The lowest BCUT2D eigenvalue weighted by molar-refractivity contribution is 0.0911. The number of likely N-dealkylation sites (N-methyl/N-ethyl adjacent to an activating group) is 1. The predicted molar refractivity (Wildman–Crippen MR) is 78.3 cm³/mol. The summed E-state index contributed by atoms with van der Waals surface area (Å²) in [5.74, 6) is 0.719. The molecule has 2 heteroatoms. The van der Waals surface area contributed by atoms with Gasteiger partial charge in [0, 0.05) is 18.6 Å². The molecule has 1 atom stereocenters. The largest absolute Gasteiger partial charge is 0.329 e. The molecule has 0 aliphatic rings. The van der Waals surface area contributed by atoms with Crippen LogP contribution in [-0.2, 0) is 0 Å². The van der Waals surface area contributed by atoms with Gasteiger partial charge in [-0.15, -0.1) is 0 Å². The average Bonchev–Trinajstić information content (AvgIpc) is 2.31. The van der Waals surface area contributed by atoms with Crippen LogP contribution in [0.5, 0.6) is 0 Å². The molecule has 2 nitrogen and oxygen atoms in total. The summed E-state index contributed by atoms with van der Waals surface area (Å²) >= 11 is 0. The van der Waals surface area contributed by atoms with Crippen molar-refractivity contribution in [3.63, 3.8) is 0 Å². The smallest absolute Gasteiger partial charge is 0.0303 e. The van der Waals surface area contributed by atoms with E-state index in [4.69, 9.17) is 5.73 Å². The summed E-state index contributed by atoms with van der Waals surface area (Å²) in [7, 11) is 0. The van der Waals surface area contributed by atoms with Crippen molar-refractivity contribution >= 4 is 0 Å². The molecule has 0 radical (unpaired) electrons. The molecule has 1 unspecified atom stereocenters. The Kier molecular flexibility index (Phi) is 8.89. The molecule has 0 bridgehead atoms. The van der Waals surface area contributed by atoms with Crippen LogP contribution in [0.25, 0.3) is 0 Å². The lowest BCUT2D eigenvalue weighted by atomic mass is 9.91. The van der Waals surface area contributed by atoms with Crippen LogP contribution in [0.15, 0.2) is 0 Å². The summed E-state index contributed by atoms with van der Waals surface area (Å²) in [6.07, 6.45) is 6.57. The first-order chi connectivity index (χ1) is 8.00. The molecule has 0 aliphatic heterocycles. The maximum absolute atomic E-state index is 6.03. The Morgan fingerprint density at radius 2 is 1.76 bits per heavy atom. The molecular formula is C15H34N2. The maximum atomic E-state index is 6.03. The van der Waals surface area contributed by atoms with E-state index in [1.54, 1.807) is 0 Å². The molecule has 0 saturated carbocycles. The van der Waals surface area contributed by atoms with Gasteiger partial charge in [-0.05, 0) is 25.8 Å². The molecular weight excluding hydrogens is 208 g/mol. The van der Waals surface area contributed by atoms with Crippen molar-refractivity contribution in [2.45, 2.75) is 72.3 Å². The van der Waals surface area contributed by atoms with Gasteiger partial charge in [0.15, 0.2) is 0 Å². The topological polar surface area (TPSA) is 29.3 Å². The Hall–Kier alpha value is -0.0800. The summed E-state index contributed by atoms with van der Waals surface area (Å²) in [5.41, 5.74) is 6.23. The van der Waals surface area contributed by atoms with E-state index in [9.17, 15) is 0 Å². The molecule has 0 rings (SSSR count). The Labute approximate surface area is 109 Å². The first-order valence-electron chi connectivity index (χ1n) is 7.45. The van der Waals surface area contributed by atoms with Crippen LogP contribution in [0.2, 0.25) is 0 Å². The molecule has 0 amide bonds. The van der Waals surface area contributed by atoms with E-state index in [2.05, 4.69) is 39.5 Å². The minimum absolute atomic E-state index is 0.201. The molecule has 0 aromatic carbocycles. The third-order valence-electron chi connectivity index (χ3n) is 3.74. The Bertz CT molecular complexity index is 180. The fourth-order valence-electron chi connectivity index (χ4n) is 2.49. The number of rotatable bonds is 10. The molecule has 0 heterocycles. The van der Waals surface area contributed by atoms with E-state index in [0.717, 1.165) is 25.6 Å². The van der Waals surface area contributed by atoms with Crippen molar-refractivity contribution in [2.75, 3.05) is 19.6 Å². The van der Waals surface area contributed by atoms with Crippen LogP contribution < -0.4 is 5.73 Å². The van der Waals surface area contributed by atoms with Crippen molar-refractivity contribution in [3.8, 4) is 0 Å². The molecule has 0 aromatic heterocycles. The zero-order valence-electron chi connectivity index (χ0n) is 12.8. The summed E-state index contributed by atoms with van der Waals surface area (Å²) < 4.78 is 0. The molecule has 0 aromatic rings. The van der Waals surface area contributed by atoms with Crippen LogP contribution in [0.3, 0.4) is 0 Å². The summed E-state index contributed by atoms with van der Waals surface area (Å²) in [4.78, 5) is 2.57. The second-order valence-corrected chi connectivity index (χ2v) is 5.94. The SMILES string of the molecule is CCCCCCC(C)(CN)N(CC)CC(C)C. The lowest BCUT2D eigenvalue weighted by Crippen LogP contribution is -2.52. The summed E-state index contributed by atoms with van der Waals surface area (Å²) in [6.45, 7) is 14.5. The quantitative estimate of drug-likeness (QED) is 0.593. The Morgan fingerprint density at radius 3 is 2.18 bits per heavy atom. The zero-order chi connectivity index (χ0) is 13.3. The highest BCUT2D eigenvalue weighted by molar-refractivity contribution is 4.87. The molecule has 0 fully saturated rings. The second kappa shape index (κ2) is 8.93. The van der Waals surface area contributed by atoms with Gasteiger partial charge in [-0.25, -0.2) is 0 Å². The van der Waals surface area contributed by atoms with E-state index in [1.165, 1.54) is 32.1 Å². The van der Waals surface area contributed by atoms with E-state index in [1.807, 2.05) is 0 Å². The van der Waals surface area contributed by atoms with Crippen LogP contribution in [0, 0.1) is 5.92 Å². The first-order valence-corrected chi connectivity index (χ1v) is 7.45. The highest BCUT2D eigenvalue weighted by Crippen LogP contribution is 2.23. The summed E-state index contributed by atoms with van der Waals surface area (Å²) in [5, 5.41) is 0. The van der Waals surface area contributed by atoms with Crippen molar-refractivity contribution in [1.82, 2.24) is 4.90 Å². The minimum Gasteiger partial charge on any atom is -0.329 e. The van der Waals surface area contributed by atoms with Crippen LogP contribution in [0.4, 0.5) is 0 Å². The fourth-order valence-corrected chi connectivity index (χ4v) is 2.49. The molecule has 2 N–H and O–H groups in total. The highest BCUT2D eigenvalue weighted by Gasteiger charge is 2.28. The first kappa shape index (κ1) is 16.9. The van der Waals surface area contributed by atoms with Gasteiger partial charge >= 0.3 is 0 Å². The van der Waals surface area contributed by atoms with Crippen LogP contribution >= 0.6 is 0 Å². The van der Waals surface area contributed by atoms with E-state index >= 15 is 0 Å². The summed E-state index contributed by atoms with van der Waals surface area (Å²) in [6, 6.07) is 0. The second-order valence-electron chi connectivity index (χ2n) is 5.94. The number of unbranched alkanes of at least 4 members (excludes halogenated alkanes) is 3. The van der Waals surface area contributed by atoms with Crippen molar-refractivity contribution in [2.24, 2.45) is 11.7 Å². The van der Waals surface area contributed by atoms with Gasteiger partial charge < -0.3 is 5.73 Å². The van der Waals surface area contributed by atoms with Gasteiger partial charge in [0.05, 0.1) is 0 Å². The van der Waals surface area contributed by atoms with E-state index < -0.39 is 0 Å². The highest BCUT2D eigenvalue weighted by atomic mass is 15.2. The minimum atomic E-state index is 0.201. The fraction of sp³-hybridized carbons (Fsp3) is 1.00. The average molecular weight is 242 g/mol. The Balaban J connectivity index is 4.28. The van der Waals surface area contributed by atoms with Crippen molar-refractivity contribution < 1.29 is 0 Å². The Morgan fingerprint density at radius 1 is 1.12 bits per heavy atom. The molecule has 104 valence electrons. The van der Waals surface area contributed by atoms with Gasteiger partial charge in [-0.3, -0.25) is 4.90 Å². The molecule has 0 saturated heterocycles. The van der Waals surface area contributed by atoms with Gasteiger partial charge in [0.1, 0.15) is 0 Å². The number of hydrogen-bond acceptors (Lipinski definition) is 2. The van der Waals surface area contributed by atoms with E-state index in [0.29, 0.717) is 0 Å². The molecule has 0 spiro atoms. The number of nitrogens with zero attached hydrogens (tertiary/aromatic N) is 1.